The molecule has 0 bridgehead atoms. The van der Waals surface area contributed by atoms with E-state index in [0.717, 1.165) is 28.0 Å². The summed E-state index contributed by atoms with van der Waals surface area (Å²) in [7, 11) is 0. The van der Waals surface area contributed by atoms with Crippen LogP contribution in [0.3, 0.4) is 0 Å². The molecule has 0 aliphatic heterocycles. The second-order valence-corrected chi connectivity index (χ2v) is 10.1. The van der Waals surface area contributed by atoms with Gasteiger partial charge in [-0.05, 0) is 43.5 Å². The topological polar surface area (TPSA) is 49.4 Å². The molecule has 1 N–H and O–H groups in total. The van der Waals surface area contributed by atoms with Gasteiger partial charge in [-0.2, -0.15) is 0 Å². The average molecular weight is 489 g/mol. The van der Waals surface area contributed by atoms with Crippen molar-refractivity contribution in [1.82, 2.24) is 10.2 Å². The third-order valence-corrected chi connectivity index (χ3v) is 7.05. The van der Waals surface area contributed by atoms with E-state index in [4.69, 9.17) is 0 Å². The summed E-state index contributed by atoms with van der Waals surface area (Å²) in [6.07, 6.45) is 1.68. The number of hydrogen-bond donors (Lipinski definition) is 1. The summed E-state index contributed by atoms with van der Waals surface area (Å²) in [4.78, 5) is 30.1. The van der Waals surface area contributed by atoms with E-state index in [2.05, 4.69) is 23.5 Å². The third kappa shape index (κ3) is 8.59. The fourth-order valence-corrected chi connectivity index (χ4v) is 4.78. The molecule has 35 heavy (non-hydrogen) atoms. The molecule has 2 amide bonds. The van der Waals surface area contributed by atoms with Crippen molar-refractivity contribution in [3.63, 3.8) is 0 Å². The van der Waals surface area contributed by atoms with Crippen LogP contribution in [-0.4, -0.2) is 34.6 Å². The highest BCUT2D eigenvalue weighted by molar-refractivity contribution is 7.99. The van der Waals surface area contributed by atoms with Gasteiger partial charge in [-0.3, -0.25) is 9.59 Å². The van der Waals surface area contributed by atoms with Crippen molar-refractivity contribution in [2.75, 3.05) is 5.75 Å². The molecule has 0 radical (unpaired) electrons. The molecule has 0 heterocycles. The fourth-order valence-electron chi connectivity index (χ4n) is 3.92. The minimum atomic E-state index is -0.582. The molecular weight excluding hydrogens is 452 g/mol. The van der Waals surface area contributed by atoms with Crippen LogP contribution in [0.4, 0.5) is 0 Å². The molecule has 3 aromatic rings. The summed E-state index contributed by atoms with van der Waals surface area (Å²) in [6.45, 7) is 6.50. The van der Waals surface area contributed by atoms with Crippen LogP contribution in [0.1, 0.15) is 43.4 Å². The number of nitrogens with one attached hydrogen (secondary N) is 1. The Labute approximate surface area is 214 Å². The Morgan fingerprint density at radius 2 is 1.57 bits per heavy atom. The van der Waals surface area contributed by atoms with E-state index in [1.807, 2.05) is 87.5 Å². The van der Waals surface area contributed by atoms with Crippen LogP contribution in [0, 0.1) is 6.92 Å². The van der Waals surface area contributed by atoms with Crippen molar-refractivity contribution in [2.45, 2.75) is 63.6 Å². The smallest absolute Gasteiger partial charge is 0.243 e. The van der Waals surface area contributed by atoms with Gasteiger partial charge in [0.2, 0.25) is 11.8 Å². The van der Waals surface area contributed by atoms with Crippen molar-refractivity contribution in [3.8, 4) is 0 Å². The van der Waals surface area contributed by atoms with E-state index in [9.17, 15) is 9.59 Å². The molecule has 0 fully saturated rings. The van der Waals surface area contributed by atoms with Gasteiger partial charge in [0.25, 0.3) is 0 Å². The molecule has 4 nitrogen and oxygen atoms in total. The Morgan fingerprint density at radius 1 is 0.914 bits per heavy atom. The molecule has 0 unspecified atom stereocenters. The first-order valence-electron chi connectivity index (χ1n) is 12.3. The van der Waals surface area contributed by atoms with Gasteiger partial charge >= 0.3 is 0 Å². The standard InChI is InChI=1S/C30H36N2O2S/c1-4-24(3)31-30(34)28(21-25-13-7-5-8-14-25)32(22-26-15-11-12-23(2)20-26)29(33)18-19-35-27-16-9-6-10-17-27/h5-17,20,24,28H,4,18-19,21-22H2,1-3H3,(H,31,34)/t24-,28+/m0/s1. The summed E-state index contributed by atoms with van der Waals surface area (Å²) in [5.41, 5.74) is 3.21. The number of benzene rings is 3. The van der Waals surface area contributed by atoms with Gasteiger partial charge < -0.3 is 10.2 Å². The maximum atomic E-state index is 13.6. The van der Waals surface area contributed by atoms with Gasteiger partial charge in [-0.25, -0.2) is 0 Å². The van der Waals surface area contributed by atoms with Crippen LogP contribution in [0.25, 0.3) is 0 Å². The lowest BCUT2D eigenvalue weighted by molar-refractivity contribution is -0.141. The predicted octanol–water partition coefficient (Wildman–Crippen LogP) is 6.03. The summed E-state index contributed by atoms with van der Waals surface area (Å²) in [6, 6.07) is 27.7. The maximum Gasteiger partial charge on any atom is 0.243 e. The quantitative estimate of drug-likeness (QED) is 0.317. The minimum absolute atomic E-state index is 0.00447. The number of aryl methyl sites for hydroxylation is 1. The number of nitrogens with zero attached hydrogens (tertiary/aromatic N) is 1. The van der Waals surface area contributed by atoms with Crippen LogP contribution < -0.4 is 5.32 Å². The van der Waals surface area contributed by atoms with Gasteiger partial charge in [-0.15, -0.1) is 11.8 Å². The van der Waals surface area contributed by atoms with Gasteiger partial charge in [0.15, 0.2) is 0 Å². The number of hydrogen-bond acceptors (Lipinski definition) is 3. The molecule has 5 heteroatoms. The van der Waals surface area contributed by atoms with Gasteiger partial charge in [0.05, 0.1) is 0 Å². The van der Waals surface area contributed by atoms with Gasteiger partial charge in [-0.1, -0.05) is 85.3 Å². The Hall–Kier alpha value is -3.05. The van der Waals surface area contributed by atoms with E-state index >= 15 is 0 Å². The zero-order valence-corrected chi connectivity index (χ0v) is 21.8. The zero-order valence-electron chi connectivity index (χ0n) is 20.9. The first-order valence-corrected chi connectivity index (χ1v) is 13.3. The molecule has 184 valence electrons. The summed E-state index contributed by atoms with van der Waals surface area (Å²) in [5.74, 6) is 0.563. The van der Waals surface area contributed by atoms with E-state index in [1.165, 1.54) is 0 Å². The first kappa shape index (κ1) is 26.6. The second kappa shape index (κ2) is 13.7. The molecule has 0 spiro atoms. The third-order valence-electron chi connectivity index (χ3n) is 6.04. The summed E-state index contributed by atoms with van der Waals surface area (Å²) in [5, 5.41) is 3.13. The normalized spacial score (nSPS) is 12.5. The fraction of sp³-hybridized carbons (Fsp3) is 0.333. The van der Waals surface area contributed by atoms with Crippen LogP contribution in [-0.2, 0) is 22.6 Å². The molecule has 3 aromatic carbocycles. The zero-order chi connectivity index (χ0) is 25.0. The van der Waals surface area contributed by atoms with E-state index in [-0.39, 0.29) is 17.9 Å². The van der Waals surface area contributed by atoms with Crippen LogP contribution in [0.5, 0.6) is 0 Å². The number of rotatable bonds is 12. The van der Waals surface area contributed by atoms with E-state index in [1.54, 1.807) is 16.7 Å². The monoisotopic (exact) mass is 488 g/mol. The Balaban J connectivity index is 1.86. The number of carbonyl (C=O) groups excluding carboxylic acids is 2. The minimum Gasteiger partial charge on any atom is -0.352 e. The molecule has 0 aliphatic carbocycles. The lowest BCUT2D eigenvalue weighted by Crippen LogP contribution is -2.52. The molecule has 0 saturated heterocycles. The van der Waals surface area contributed by atoms with Crippen LogP contribution in [0.2, 0.25) is 0 Å². The van der Waals surface area contributed by atoms with Crippen molar-refractivity contribution in [2.24, 2.45) is 0 Å². The van der Waals surface area contributed by atoms with Gasteiger partial charge in [0.1, 0.15) is 6.04 Å². The summed E-state index contributed by atoms with van der Waals surface area (Å²) < 4.78 is 0. The maximum absolute atomic E-state index is 13.6. The number of thioether (sulfide) groups is 1. The highest BCUT2D eigenvalue weighted by Gasteiger charge is 2.30. The lowest BCUT2D eigenvalue weighted by Gasteiger charge is -2.32. The van der Waals surface area contributed by atoms with Crippen LogP contribution >= 0.6 is 11.8 Å². The molecule has 3 rings (SSSR count). The second-order valence-electron chi connectivity index (χ2n) is 8.95. The lowest BCUT2D eigenvalue weighted by atomic mass is 10.0. The first-order chi connectivity index (χ1) is 17.0. The van der Waals surface area contributed by atoms with Crippen molar-refractivity contribution >= 4 is 23.6 Å². The summed E-state index contributed by atoms with van der Waals surface area (Å²) >= 11 is 1.67. The SMILES string of the molecule is CC[C@H](C)NC(=O)[C@@H](Cc1ccccc1)N(Cc1cccc(C)c1)C(=O)CCSc1ccccc1. The molecular formula is C30H36N2O2S. The Bertz CT molecular complexity index is 1070. The van der Waals surface area contributed by atoms with E-state index in [0.29, 0.717) is 25.1 Å². The number of amides is 2. The highest BCUT2D eigenvalue weighted by atomic mass is 32.2. The van der Waals surface area contributed by atoms with Gasteiger partial charge in [0, 0.05) is 36.1 Å². The molecule has 0 aliphatic rings. The van der Waals surface area contributed by atoms with Crippen LogP contribution in [0.15, 0.2) is 89.8 Å². The largest absolute Gasteiger partial charge is 0.352 e. The molecule has 2 atom stereocenters. The van der Waals surface area contributed by atoms with E-state index < -0.39 is 6.04 Å². The van der Waals surface area contributed by atoms with Crippen molar-refractivity contribution < 1.29 is 9.59 Å². The Morgan fingerprint density at radius 3 is 2.23 bits per heavy atom. The predicted molar refractivity (Wildman–Crippen MR) is 145 cm³/mol. The van der Waals surface area contributed by atoms with Crippen molar-refractivity contribution in [1.29, 1.82) is 0 Å². The number of carbonyl (C=O) groups is 2. The molecule has 0 aromatic heterocycles. The highest BCUT2D eigenvalue weighted by Crippen LogP contribution is 2.21. The average Bonchev–Trinajstić information content (AvgIpc) is 2.87. The Kier molecular flexibility index (Phi) is 10.4. The molecule has 0 saturated carbocycles. The van der Waals surface area contributed by atoms with Crippen molar-refractivity contribution in [3.05, 3.63) is 102 Å².